The molecule has 0 amide bonds. The van der Waals surface area contributed by atoms with Gasteiger partial charge in [0.15, 0.2) is 0 Å². The van der Waals surface area contributed by atoms with Crippen LogP contribution in [-0.4, -0.2) is 29.0 Å². The van der Waals surface area contributed by atoms with E-state index in [1.54, 1.807) is 0 Å². The summed E-state index contributed by atoms with van der Waals surface area (Å²) in [5.41, 5.74) is 1.24. The molecule has 2 unspecified atom stereocenters. The van der Waals surface area contributed by atoms with Crippen molar-refractivity contribution in [1.82, 2.24) is 15.1 Å². The number of aryl methyl sites for hydroxylation is 1. The molecule has 0 spiro atoms. The van der Waals surface area contributed by atoms with Gasteiger partial charge in [-0.05, 0) is 38.7 Å². The normalized spacial score (nSPS) is 21.4. The molecule has 0 bridgehead atoms. The fourth-order valence-corrected chi connectivity index (χ4v) is 2.64. The Morgan fingerprint density at radius 2 is 2.12 bits per heavy atom. The van der Waals surface area contributed by atoms with Crippen molar-refractivity contribution in [1.29, 1.82) is 0 Å². The number of ether oxygens (including phenoxy) is 1. The zero-order valence-electron chi connectivity index (χ0n) is 11.0. The fraction of sp³-hybridized carbons (Fsp3) is 0.769. The van der Waals surface area contributed by atoms with Gasteiger partial charge in [0.2, 0.25) is 0 Å². The Hall–Kier alpha value is -0.870. The lowest BCUT2D eigenvalue weighted by atomic mass is 9.92. The van der Waals surface area contributed by atoms with Gasteiger partial charge in [-0.1, -0.05) is 0 Å². The first-order valence-corrected chi connectivity index (χ1v) is 6.50. The van der Waals surface area contributed by atoms with Crippen LogP contribution < -0.4 is 5.32 Å². The summed E-state index contributed by atoms with van der Waals surface area (Å²) in [4.78, 5) is 0. The van der Waals surface area contributed by atoms with Crippen molar-refractivity contribution in [2.75, 3.05) is 13.2 Å². The number of nitrogens with zero attached hydrogens (tertiary/aromatic N) is 2. The van der Waals surface area contributed by atoms with Gasteiger partial charge in [-0.2, -0.15) is 5.10 Å². The summed E-state index contributed by atoms with van der Waals surface area (Å²) in [7, 11) is 1.99. The third-order valence-corrected chi connectivity index (χ3v) is 3.79. The van der Waals surface area contributed by atoms with E-state index in [0.717, 1.165) is 19.1 Å². The van der Waals surface area contributed by atoms with Crippen LogP contribution in [0.5, 0.6) is 0 Å². The van der Waals surface area contributed by atoms with Crippen molar-refractivity contribution in [3.63, 3.8) is 0 Å². The molecule has 2 rings (SSSR count). The van der Waals surface area contributed by atoms with E-state index in [9.17, 15) is 0 Å². The second-order valence-corrected chi connectivity index (χ2v) is 5.01. The summed E-state index contributed by atoms with van der Waals surface area (Å²) < 4.78 is 7.34. The molecule has 17 heavy (non-hydrogen) atoms. The van der Waals surface area contributed by atoms with Crippen LogP contribution in [0.25, 0.3) is 0 Å². The van der Waals surface area contributed by atoms with Crippen molar-refractivity contribution >= 4 is 0 Å². The number of hydrogen-bond donors (Lipinski definition) is 1. The van der Waals surface area contributed by atoms with Crippen LogP contribution >= 0.6 is 0 Å². The van der Waals surface area contributed by atoms with Gasteiger partial charge in [0.05, 0.1) is 5.69 Å². The lowest BCUT2D eigenvalue weighted by Gasteiger charge is -2.30. The van der Waals surface area contributed by atoms with Crippen molar-refractivity contribution in [2.45, 2.75) is 38.8 Å². The van der Waals surface area contributed by atoms with E-state index >= 15 is 0 Å². The van der Waals surface area contributed by atoms with E-state index in [2.05, 4.69) is 30.3 Å². The monoisotopic (exact) mass is 237 g/mol. The maximum absolute atomic E-state index is 5.40. The van der Waals surface area contributed by atoms with E-state index in [1.165, 1.54) is 18.5 Å². The minimum absolute atomic E-state index is 0.348. The Balaban J connectivity index is 1.89. The molecule has 0 aromatic carbocycles. The van der Waals surface area contributed by atoms with Gasteiger partial charge in [0.1, 0.15) is 0 Å². The molecule has 2 atom stereocenters. The molecular formula is C13H23N3O. The zero-order chi connectivity index (χ0) is 12.3. The van der Waals surface area contributed by atoms with E-state index in [1.807, 2.05) is 17.9 Å². The van der Waals surface area contributed by atoms with Crippen LogP contribution in [0.15, 0.2) is 12.3 Å². The van der Waals surface area contributed by atoms with Gasteiger partial charge in [-0.25, -0.2) is 0 Å². The van der Waals surface area contributed by atoms with Gasteiger partial charge in [0, 0.05) is 38.5 Å². The molecule has 96 valence electrons. The molecule has 1 aliphatic heterocycles. The van der Waals surface area contributed by atoms with Crippen LogP contribution in [0, 0.1) is 5.92 Å². The quantitative estimate of drug-likeness (QED) is 0.869. The highest BCUT2D eigenvalue weighted by Crippen LogP contribution is 2.21. The average Bonchev–Trinajstić information content (AvgIpc) is 2.76. The fourth-order valence-electron chi connectivity index (χ4n) is 2.64. The van der Waals surface area contributed by atoms with E-state index in [-0.39, 0.29) is 0 Å². The minimum Gasteiger partial charge on any atom is -0.381 e. The smallest absolute Gasteiger partial charge is 0.0547 e. The van der Waals surface area contributed by atoms with Crippen LogP contribution in [0.1, 0.15) is 38.4 Å². The molecule has 4 nitrogen and oxygen atoms in total. The molecule has 1 aromatic rings. The molecule has 1 saturated heterocycles. The maximum atomic E-state index is 5.40. The molecule has 1 aromatic heterocycles. The predicted octanol–water partition coefficient (Wildman–Crippen LogP) is 1.89. The number of rotatable bonds is 4. The Labute approximate surface area is 103 Å². The highest BCUT2D eigenvalue weighted by Gasteiger charge is 2.22. The van der Waals surface area contributed by atoms with Crippen LogP contribution in [0.4, 0.5) is 0 Å². The molecule has 1 fully saturated rings. The standard InChI is InChI=1S/C13H23N3O/c1-10(12-5-8-17-9-6-12)15-11(2)13-4-7-14-16(13)3/h4,7,10-12,15H,5-6,8-9H2,1-3H3. The Morgan fingerprint density at radius 1 is 1.41 bits per heavy atom. The average molecular weight is 237 g/mol. The third kappa shape index (κ3) is 3.07. The first kappa shape index (κ1) is 12.6. The van der Waals surface area contributed by atoms with Crippen molar-refractivity contribution in [3.8, 4) is 0 Å². The molecular weight excluding hydrogens is 214 g/mol. The third-order valence-electron chi connectivity index (χ3n) is 3.79. The van der Waals surface area contributed by atoms with E-state index < -0.39 is 0 Å². The molecule has 0 aliphatic carbocycles. The second-order valence-electron chi connectivity index (χ2n) is 5.01. The first-order chi connectivity index (χ1) is 8.18. The zero-order valence-corrected chi connectivity index (χ0v) is 11.0. The van der Waals surface area contributed by atoms with Gasteiger partial charge in [-0.15, -0.1) is 0 Å². The second kappa shape index (κ2) is 5.65. The van der Waals surface area contributed by atoms with E-state index in [0.29, 0.717) is 12.1 Å². The number of hydrogen-bond acceptors (Lipinski definition) is 3. The first-order valence-electron chi connectivity index (χ1n) is 6.50. The number of nitrogens with one attached hydrogen (secondary N) is 1. The molecule has 1 aliphatic rings. The summed E-state index contributed by atoms with van der Waals surface area (Å²) in [6.07, 6.45) is 4.20. The van der Waals surface area contributed by atoms with Gasteiger partial charge >= 0.3 is 0 Å². The Bertz CT molecular complexity index is 344. The Kier molecular flexibility index (Phi) is 4.18. The summed E-state index contributed by atoms with van der Waals surface area (Å²) in [6.45, 7) is 6.31. The molecule has 0 radical (unpaired) electrons. The largest absolute Gasteiger partial charge is 0.381 e. The highest BCUT2D eigenvalue weighted by atomic mass is 16.5. The summed E-state index contributed by atoms with van der Waals surface area (Å²) in [5, 5.41) is 7.89. The van der Waals surface area contributed by atoms with Gasteiger partial charge in [-0.3, -0.25) is 4.68 Å². The predicted molar refractivity (Wildman–Crippen MR) is 67.8 cm³/mol. The van der Waals surface area contributed by atoms with Crippen LogP contribution in [0.3, 0.4) is 0 Å². The van der Waals surface area contributed by atoms with E-state index in [4.69, 9.17) is 4.74 Å². The topological polar surface area (TPSA) is 39.1 Å². The summed E-state index contributed by atoms with van der Waals surface area (Å²) >= 11 is 0. The minimum atomic E-state index is 0.348. The maximum Gasteiger partial charge on any atom is 0.0547 e. The summed E-state index contributed by atoms with van der Waals surface area (Å²) in [5.74, 6) is 0.736. The number of aromatic nitrogens is 2. The molecule has 4 heteroatoms. The van der Waals surface area contributed by atoms with Crippen molar-refractivity contribution < 1.29 is 4.74 Å². The Morgan fingerprint density at radius 3 is 2.71 bits per heavy atom. The molecule has 2 heterocycles. The molecule has 0 saturated carbocycles. The van der Waals surface area contributed by atoms with Crippen LogP contribution in [-0.2, 0) is 11.8 Å². The van der Waals surface area contributed by atoms with Gasteiger partial charge < -0.3 is 10.1 Å². The summed E-state index contributed by atoms with van der Waals surface area (Å²) in [6, 6.07) is 2.96. The highest BCUT2D eigenvalue weighted by molar-refractivity contribution is 5.05. The SMILES string of the molecule is CC(NC(C)C1CCOCC1)c1ccnn1C. The molecule has 1 N–H and O–H groups in total. The van der Waals surface area contributed by atoms with Crippen molar-refractivity contribution in [3.05, 3.63) is 18.0 Å². The van der Waals surface area contributed by atoms with Crippen LogP contribution in [0.2, 0.25) is 0 Å². The van der Waals surface area contributed by atoms with Gasteiger partial charge in [0.25, 0.3) is 0 Å². The lowest BCUT2D eigenvalue weighted by Crippen LogP contribution is -2.38. The lowest BCUT2D eigenvalue weighted by molar-refractivity contribution is 0.0545. The van der Waals surface area contributed by atoms with Crippen molar-refractivity contribution in [2.24, 2.45) is 13.0 Å².